The van der Waals surface area contributed by atoms with Crippen LogP contribution in [0.25, 0.3) is 0 Å². The Kier molecular flexibility index (Phi) is 5.60. The molecule has 0 aromatic heterocycles. The Hall–Kier alpha value is -1.89. The van der Waals surface area contributed by atoms with E-state index in [0.717, 1.165) is 25.9 Å². The summed E-state index contributed by atoms with van der Waals surface area (Å²) < 4.78 is 27.2. The molecule has 2 aliphatic heterocycles. The fourth-order valence-corrected chi connectivity index (χ4v) is 5.29. The summed E-state index contributed by atoms with van der Waals surface area (Å²) in [6, 6.07) is 6.18. The molecule has 1 saturated heterocycles. The van der Waals surface area contributed by atoms with E-state index in [0.29, 0.717) is 17.4 Å². The molecule has 4 atom stereocenters. The first-order valence-electron chi connectivity index (χ1n) is 9.71. The Morgan fingerprint density at radius 1 is 1.26 bits per heavy atom. The zero-order chi connectivity index (χ0) is 19.8. The Balaban J connectivity index is 1.95. The topological polar surface area (TPSA) is 78.8 Å². The van der Waals surface area contributed by atoms with Gasteiger partial charge in [-0.05, 0) is 36.3 Å². The van der Waals surface area contributed by atoms with Crippen molar-refractivity contribution in [2.24, 2.45) is 22.7 Å². The molecule has 0 unspecified atom stereocenters. The number of amidine groups is 1. The number of hydrogen-bond donors (Lipinski definition) is 1. The minimum absolute atomic E-state index is 0.00108. The van der Waals surface area contributed by atoms with Crippen LogP contribution in [-0.2, 0) is 14.8 Å². The van der Waals surface area contributed by atoms with Crippen LogP contribution >= 0.6 is 0 Å². The van der Waals surface area contributed by atoms with E-state index in [1.807, 2.05) is 18.7 Å². The van der Waals surface area contributed by atoms with E-state index in [1.165, 1.54) is 0 Å². The third kappa shape index (κ3) is 4.03. The van der Waals surface area contributed by atoms with Gasteiger partial charge in [-0.2, -0.15) is 0 Å². The molecule has 3 rings (SSSR count). The lowest BCUT2D eigenvalue weighted by atomic mass is 9.90. The molecule has 6 nitrogen and oxygen atoms in total. The standard InChI is InChI=1S/C20H29N3O3S/c1-5-15(4)18(20(24)23-11-13(2)10-14(3)12-23)21-19-16-8-6-7-9-17(16)27(25,26)22-19/h6-9,13-15,18H,5,10-12H2,1-4H3,(H,21,22)/t13-,14-,15+,18+/m1/s1. The molecule has 7 heteroatoms. The Morgan fingerprint density at radius 3 is 2.52 bits per heavy atom. The highest BCUT2D eigenvalue weighted by Crippen LogP contribution is 2.26. The summed E-state index contributed by atoms with van der Waals surface area (Å²) in [5, 5.41) is 0. The molecule has 27 heavy (non-hydrogen) atoms. The Morgan fingerprint density at radius 2 is 1.89 bits per heavy atom. The van der Waals surface area contributed by atoms with Crippen LogP contribution in [0.1, 0.15) is 46.1 Å². The number of piperidine rings is 1. The van der Waals surface area contributed by atoms with Crippen LogP contribution < -0.4 is 4.72 Å². The van der Waals surface area contributed by atoms with Crippen molar-refractivity contribution in [3.05, 3.63) is 29.8 Å². The van der Waals surface area contributed by atoms with Crippen molar-refractivity contribution in [2.45, 2.75) is 51.5 Å². The van der Waals surface area contributed by atoms with Gasteiger partial charge in [-0.3, -0.25) is 14.5 Å². The molecule has 2 aliphatic rings. The fraction of sp³-hybridized carbons (Fsp3) is 0.600. The van der Waals surface area contributed by atoms with Crippen LogP contribution in [-0.4, -0.2) is 44.2 Å². The van der Waals surface area contributed by atoms with Gasteiger partial charge in [0.2, 0.25) is 5.91 Å². The minimum atomic E-state index is -3.61. The smallest absolute Gasteiger partial charge is 0.263 e. The average molecular weight is 392 g/mol. The molecule has 1 fully saturated rings. The molecule has 1 N–H and O–H groups in total. The number of sulfonamides is 1. The zero-order valence-corrected chi connectivity index (χ0v) is 17.3. The fourth-order valence-electron chi connectivity index (χ4n) is 4.05. The summed E-state index contributed by atoms with van der Waals surface area (Å²) >= 11 is 0. The van der Waals surface area contributed by atoms with Crippen LogP contribution in [0.2, 0.25) is 0 Å². The van der Waals surface area contributed by atoms with Gasteiger partial charge in [0.25, 0.3) is 10.0 Å². The van der Waals surface area contributed by atoms with Gasteiger partial charge in [0.05, 0.1) is 4.90 Å². The number of rotatable bonds is 4. The number of carbonyl (C=O) groups is 1. The maximum Gasteiger partial charge on any atom is 0.263 e. The molecular weight excluding hydrogens is 362 g/mol. The first-order valence-corrected chi connectivity index (χ1v) is 11.2. The number of fused-ring (bicyclic) bond motifs is 1. The molecule has 0 saturated carbocycles. The highest BCUT2D eigenvalue weighted by molar-refractivity contribution is 7.90. The average Bonchev–Trinajstić information content (AvgIpc) is 2.88. The summed E-state index contributed by atoms with van der Waals surface area (Å²) in [4.78, 5) is 20.1. The van der Waals surface area contributed by atoms with E-state index in [4.69, 9.17) is 0 Å². The first-order chi connectivity index (χ1) is 12.7. The third-order valence-corrected chi connectivity index (χ3v) is 6.94. The number of hydrogen-bond acceptors (Lipinski definition) is 4. The van der Waals surface area contributed by atoms with Crippen molar-refractivity contribution in [3.8, 4) is 0 Å². The van der Waals surface area contributed by atoms with Gasteiger partial charge >= 0.3 is 0 Å². The van der Waals surface area contributed by atoms with Gasteiger partial charge < -0.3 is 4.90 Å². The number of amides is 1. The summed E-state index contributed by atoms with van der Waals surface area (Å²) in [6.45, 7) is 9.84. The minimum Gasteiger partial charge on any atom is -0.340 e. The van der Waals surface area contributed by atoms with Gasteiger partial charge in [-0.25, -0.2) is 8.42 Å². The lowest BCUT2D eigenvalue weighted by Gasteiger charge is -2.37. The third-order valence-electron chi connectivity index (χ3n) is 5.55. The highest BCUT2D eigenvalue weighted by atomic mass is 32.2. The molecule has 0 bridgehead atoms. The predicted molar refractivity (Wildman–Crippen MR) is 106 cm³/mol. The van der Waals surface area contributed by atoms with Crippen LogP contribution in [0.5, 0.6) is 0 Å². The van der Waals surface area contributed by atoms with E-state index in [1.54, 1.807) is 24.3 Å². The second-order valence-corrected chi connectivity index (χ2v) is 9.75. The maximum absolute atomic E-state index is 13.3. The van der Waals surface area contributed by atoms with E-state index in [2.05, 4.69) is 23.6 Å². The monoisotopic (exact) mass is 391 g/mol. The molecule has 1 amide bonds. The van der Waals surface area contributed by atoms with Gasteiger partial charge in [0, 0.05) is 18.7 Å². The SMILES string of the molecule is CC[C@H](C)[C@H](N=C1NS(=O)(=O)c2ccccc21)C(=O)N1C[C@H](C)C[C@@H](C)C1. The quantitative estimate of drug-likeness (QED) is 0.857. The number of carbonyl (C=O) groups excluding carboxylic acids is 1. The van der Waals surface area contributed by atoms with E-state index >= 15 is 0 Å². The van der Waals surface area contributed by atoms with Gasteiger partial charge in [0.1, 0.15) is 11.9 Å². The Labute approximate surface area is 162 Å². The summed E-state index contributed by atoms with van der Waals surface area (Å²) in [7, 11) is -3.61. The predicted octanol–water partition coefficient (Wildman–Crippen LogP) is 2.64. The molecule has 1 aromatic rings. The summed E-state index contributed by atoms with van der Waals surface area (Å²) in [5.41, 5.74) is 0.541. The van der Waals surface area contributed by atoms with Gasteiger partial charge in [-0.15, -0.1) is 0 Å². The van der Waals surface area contributed by atoms with Gasteiger partial charge in [-0.1, -0.05) is 46.2 Å². The van der Waals surface area contributed by atoms with Gasteiger partial charge in [0.15, 0.2) is 0 Å². The van der Waals surface area contributed by atoms with Crippen molar-refractivity contribution in [3.63, 3.8) is 0 Å². The Bertz CT molecular complexity index is 840. The number of aliphatic imine (C=N–C) groups is 1. The number of likely N-dealkylation sites (tertiary alicyclic amines) is 1. The summed E-state index contributed by atoms with van der Waals surface area (Å²) in [6.07, 6.45) is 1.92. The second-order valence-electron chi connectivity index (χ2n) is 8.10. The van der Waals surface area contributed by atoms with Crippen LogP contribution in [0.4, 0.5) is 0 Å². The number of nitrogens with zero attached hydrogens (tertiary/aromatic N) is 2. The molecular formula is C20H29N3O3S. The van der Waals surface area contributed by atoms with Crippen LogP contribution in [0.3, 0.4) is 0 Å². The van der Waals surface area contributed by atoms with Crippen molar-refractivity contribution in [1.82, 2.24) is 9.62 Å². The van der Waals surface area contributed by atoms with E-state index in [9.17, 15) is 13.2 Å². The summed E-state index contributed by atoms with van der Waals surface area (Å²) in [5.74, 6) is 1.23. The normalized spacial score (nSPS) is 27.7. The van der Waals surface area contributed by atoms with Crippen molar-refractivity contribution < 1.29 is 13.2 Å². The molecule has 148 valence electrons. The van der Waals surface area contributed by atoms with Crippen molar-refractivity contribution >= 4 is 21.8 Å². The molecule has 0 radical (unpaired) electrons. The number of benzene rings is 1. The number of nitrogens with one attached hydrogen (secondary N) is 1. The lowest BCUT2D eigenvalue weighted by molar-refractivity contribution is -0.136. The second kappa shape index (κ2) is 7.62. The highest BCUT2D eigenvalue weighted by Gasteiger charge is 2.36. The molecule has 0 aliphatic carbocycles. The molecule has 2 heterocycles. The van der Waals surface area contributed by atoms with E-state index in [-0.39, 0.29) is 22.6 Å². The van der Waals surface area contributed by atoms with E-state index < -0.39 is 16.1 Å². The van der Waals surface area contributed by atoms with Crippen LogP contribution in [0.15, 0.2) is 34.2 Å². The first kappa shape index (κ1) is 19.9. The van der Waals surface area contributed by atoms with Crippen LogP contribution in [0, 0.1) is 17.8 Å². The lowest BCUT2D eigenvalue weighted by Crippen LogP contribution is -2.48. The van der Waals surface area contributed by atoms with Crippen molar-refractivity contribution in [2.75, 3.05) is 13.1 Å². The maximum atomic E-state index is 13.3. The molecule has 1 aromatic carbocycles. The molecule has 0 spiro atoms. The largest absolute Gasteiger partial charge is 0.340 e. The van der Waals surface area contributed by atoms with Crippen molar-refractivity contribution in [1.29, 1.82) is 0 Å². The zero-order valence-electron chi connectivity index (χ0n) is 16.5.